The van der Waals surface area contributed by atoms with Gasteiger partial charge in [-0.05, 0) is 12.8 Å². The molecule has 2 heterocycles. The molecule has 108 valence electrons. The van der Waals surface area contributed by atoms with Gasteiger partial charge in [-0.25, -0.2) is 9.78 Å². The normalized spacial score (nSPS) is 10.5. The zero-order valence-electron chi connectivity index (χ0n) is 11.6. The lowest BCUT2D eigenvalue weighted by molar-refractivity contribution is 0.250. The van der Waals surface area contributed by atoms with Crippen molar-refractivity contribution in [2.75, 3.05) is 5.32 Å². The molecule has 0 unspecified atom stereocenters. The maximum atomic E-state index is 11.7. The molecule has 0 fully saturated rings. The Kier molecular flexibility index (Phi) is 4.70. The fourth-order valence-electron chi connectivity index (χ4n) is 1.61. The lowest BCUT2D eigenvalue weighted by Gasteiger charge is -2.02. The van der Waals surface area contributed by atoms with Crippen LogP contribution in [0.25, 0.3) is 0 Å². The van der Waals surface area contributed by atoms with Crippen molar-refractivity contribution < 1.29 is 9.32 Å². The molecule has 8 heteroatoms. The van der Waals surface area contributed by atoms with Crippen molar-refractivity contribution in [2.45, 2.75) is 39.8 Å². The van der Waals surface area contributed by atoms with Gasteiger partial charge in [0.1, 0.15) is 6.33 Å². The van der Waals surface area contributed by atoms with Gasteiger partial charge < -0.3 is 9.84 Å². The van der Waals surface area contributed by atoms with Crippen molar-refractivity contribution in [3.05, 3.63) is 23.8 Å². The molecule has 0 spiro atoms. The third-order valence-corrected chi connectivity index (χ3v) is 2.61. The van der Waals surface area contributed by atoms with Crippen LogP contribution in [0.2, 0.25) is 0 Å². The van der Waals surface area contributed by atoms with Crippen molar-refractivity contribution in [1.82, 2.24) is 25.2 Å². The minimum absolute atomic E-state index is 0.272. The fourth-order valence-corrected chi connectivity index (χ4v) is 1.61. The average molecular weight is 278 g/mol. The number of nitrogens with zero attached hydrogens (tertiary/aromatic N) is 4. The van der Waals surface area contributed by atoms with E-state index in [1.807, 2.05) is 19.9 Å². The van der Waals surface area contributed by atoms with Crippen LogP contribution in [-0.4, -0.2) is 26.0 Å². The number of amides is 2. The Morgan fingerprint density at radius 1 is 1.45 bits per heavy atom. The zero-order valence-corrected chi connectivity index (χ0v) is 11.6. The van der Waals surface area contributed by atoms with E-state index in [-0.39, 0.29) is 18.5 Å². The van der Waals surface area contributed by atoms with Crippen LogP contribution >= 0.6 is 0 Å². The number of hydrogen-bond donors (Lipinski definition) is 2. The first-order valence-corrected chi connectivity index (χ1v) is 6.60. The number of urea groups is 1. The standard InChI is InChI=1S/C12H18N6O2/c1-3-5-18-8-14-11(16-18)15-12(19)13-7-10-6-9(4-2)17-20-10/h6,8H,3-5,7H2,1-2H3,(H2,13,15,16,19). The molecular weight excluding hydrogens is 260 g/mol. The van der Waals surface area contributed by atoms with E-state index in [0.717, 1.165) is 25.1 Å². The SMILES string of the molecule is CCCn1cnc(NC(=O)NCc2cc(CC)no2)n1. The summed E-state index contributed by atoms with van der Waals surface area (Å²) in [5, 5.41) is 13.2. The van der Waals surface area contributed by atoms with Crippen LogP contribution in [0.5, 0.6) is 0 Å². The molecule has 0 radical (unpaired) electrons. The average Bonchev–Trinajstić information content (AvgIpc) is 3.06. The van der Waals surface area contributed by atoms with E-state index in [1.165, 1.54) is 0 Å². The van der Waals surface area contributed by atoms with Crippen LogP contribution in [0.1, 0.15) is 31.7 Å². The van der Waals surface area contributed by atoms with E-state index >= 15 is 0 Å². The second kappa shape index (κ2) is 6.69. The lowest BCUT2D eigenvalue weighted by Crippen LogP contribution is -2.28. The molecule has 0 aliphatic carbocycles. The van der Waals surface area contributed by atoms with Gasteiger partial charge in [-0.3, -0.25) is 10.00 Å². The first-order chi connectivity index (χ1) is 9.71. The Morgan fingerprint density at radius 3 is 3.00 bits per heavy atom. The molecule has 2 aromatic rings. The lowest BCUT2D eigenvalue weighted by atomic mass is 10.3. The first-order valence-electron chi connectivity index (χ1n) is 6.60. The summed E-state index contributed by atoms with van der Waals surface area (Å²) in [6.07, 6.45) is 3.35. The summed E-state index contributed by atoms with van der Waals surface area (Å²) in [6, 6.07) is 1.43. The molecule has 0 aromatic carbocycles. The number of rotatable bonds is 6. The number of anilines is 1. The van der Waals surface area contributed by atoms with Crippen LogP contribution < -0.4 is 10.6 Å². The second-order valence-corrected chi connectivity index (χ2v) is 4.28. The highest BCUT2D eigenvalue weighted by Gasteiger charge is 2.08. The molecule has 0 bridgehead atoms. The molecular formula is C12H18N6O2. The van der Waals surface area contributed by atoms with E-state index in [0.29, 0.717) is 5.76 Å². The van der Waals surface area contributed by atoms with Crippen molar-refractivity contribution >= 4 is 12.0 Å². The topological polar surface area (TPSA) is 97.9 Å². The number of nitrogens with one attached hydrogen (secondary N) is 2. The summed E-state index contributed by atoms with van der Waals surface area (Å²) in [7, 11) is 0. The van der Waals surface area contributed by atoms with Gasteiger partial charge in [-0.2, -0.15) is 0 Å². The number of carbonyl (C=O) groups excluding carboxylic acids is 1. The highest BCUT2D eigenvalue weighted by Crippen LogP contribution is 2.04. The number of hydrogen-bond acceptors (Lipinski definition) is 5. The number of aromatic nitrogens is 4. The second-order valence-electron chi connectivity index (χ2n) is 4.28. The number of carbonyl (C=O) groups is 1. The largest absolute Gasteiger partial charge is 0.359 e. The summed E-state index contributed by atoms with van der Waals surface area (Å²) in [4.78, 5) is 15.6. The van der Waals surface area contributed by atoms with E-state index in [4.69, 9.17) is 4.52 Å². The highest BCUT2D eigenvalue weighted by atomic mass is 16.5. The molecule has 2 amide bonds. The van der Waals surface area contributed by atoms with Crippen LogP contribution in [0.3, 0.4) is 0 Å². The maximum absolute atomic E-state index is 11.7. The van der Waals surface area contributed by atoms with Gasteiger partial charge in [0, 0.05) is 12.6 Å². The van der Waals surface area contributed by atoms with Crippen LogP contribution in [0, 0.1) is 0 Å². The minimum Gasteiger partial charge on any atom is -0.359 e. The summed E-state index contributed by atoms with van der Waals surface area (Å²) in [5.41, 5.74) is 0.863. The molecule has 0 aliphatic rings. The predicted octanol–water partition coefficient (Wildman–Crippen LogP) is 1.56. The predicted molar refractivity (Wildman–Crippen MR) is 72.1 cm³/mol. The Morgan fingerprint density at radius 2 is 2.30 bits per heavy atom. The summed E-state index contributed by atoms with van der Waals surface area (Å²) < 4.78 is 6.74. The highest BCUT2D eigenvalue weighted by molar-refractivity contribution is 5.87. The van der Waals surface area contributed by atoms with Gasteiger partial charge in [0.2, 0.25) is 5.95 Å². The van der Waals surface area contributed by atoms with Crippen LogP contribution in [-0.2, 0) is 19.5 Å². The molecule has 0 aliphatic heterocycles. The van der Waals surface area contributed by atoms with Crippen molar-refractivity contribution in [3.8, 4) is 0 Å². The van der Waals surface area contributed by atoms with Gasteiger partial charge in [0.15, 0.2) is 5.76 Å². The molecule has 0 saturated carbocycles. The molecule has 2 N–H and O–H groups in total. The van der Waals surface area contributed by atoms with Crippen LogP contribution in [0.15, 0.2) is 16.9 Å². The van der Waals surface area contributed by atoms with Gasteiger partial charge in [-0.15, -0.1) is 5.10 Å². The summed E-state index contributed by atoms with van der Waals surface area (Å²) >= 11 is 0. The van der Waals surface area contributed by atoms with E-state index < -0.39 is 0 Å². The van der Waals surface area contributed by atoms with Crippen molar-refractivity contribution in [1.29, 1.82) is 0 Å². The summed E-state index contributed by atoms with van der Waals surface area (Å²) in [6.45, 7) is 5.08. The Bertz CT molecular complexity index is 562. The van der Waals surface area contributed by atoms with Gasteiger partial charge >= 0.3 is 6.03 Å². The van der Waals surface area contributed by atoms with Gasteiger partial charge in [0.05, 0.1) is 12.2 Å². The van der Waals surface area contributed by atoms with Crippen LogP contribution in [0.4, 0.5) is 10.7 Å². The van der Waals surface area contributed by atoms with Crippen molar-refractivity contribution in [2.24, 2.45) is 0 Å². The molecule has 2 rings (SSSR count). The smallest absolute Gasteiger partial charge is 0.322 e. The minimum atomic E-state index is -0.381. The molecule has 2 aromatic heterocycles. The first kappa shape index (κ1) is 14.0. The summed E-state index contributed by atoms with van der Waals surface area (Å²) in [5.74, 6) is 0.893. The van der Waals surface area contributed by atoms with Gasteiger partial charge in [0.25, 0.3) is 0 Å². The Balaban J connectivity index is 1.79. The quantitative estimate of drug-likeness (QED) is 0.835. The third kappa shape index (κ3) is 3.81. The molecule has 20 heavy (non-hydrogen) atoms. The van der Waals surface area contributed by atoms with E-state index in [2.05, 4.69) is 25.9 Å². The zero-order chi connectivity index (χ0) is 14.4. The van der Waals surface area contributed by atoms with E-state index in [1.54, 1.807) is 11.0 Å². The fraction of sp³-hybridized carbons (Fsp3) is 0.500. The monoisotopic (exact) mass is 278 g/mol. The Hall–Kier alpha value is -2.38. The molecule has 0 saturated heterocycles. The molecule has 0 atom stereocenters. The van der Waals surface area contributed by atoms with E-state index in [9.17, 15) is 4.79 Å². The third-order valence-electron chi connectivity index (χ3n) is 2.61. The van der Waals surface area contributed by atoms with Crippen molar-refractivity contribution in [3.63, 3.8) is 0 Å². The molecule has 8 nitrogen and oxygen atoms in total. The maximum Gasteiger partial charge on any atom is 0.322 e. The van der Waals surface area contributed by atoms with Gasteiger partial charge in [-0.1, -0.05) is 19.0 Å². The Labute approximate surface area is 116 Å². The number of aryl methyl sites for hydroxylation is 2.